The number of likely N-dealkylation sites (N-methyl/N-ethyl adjacent to an activating group) is 1. The van der Waals surface area contributed by atoms with Gasteiger partial charge in [-0.15, -0.1) is 0 Å². The Morgan fingerprint density at radius 3 is 2.36 bits per heavy atom. The van der Waals surface area contributed by atoms with E-state index in [0.29, 0.717) is 13.3 Å². The van der Waals surface area contributed by atoms with Crippen LogP contribution >= 0.6 is 0 Å². The quantitative estimate of drug-likeness (QED) is 0.582. The monoisotopic (exact) mass is 203 g/mol. The van der Waals surface area contributed by atoms with Crippen molar-refractivity contribution in [2.45, 2.75) is 26.4 Å². The molecule has 0 rings (SSSR count). The minimum absolute atomic E-state index is 0.0769. The van der Waals surface area contributed by atoms with Crippen LogP contribution in [0.15, 0.2) is 0 Å². The van der Waals surface area contributed by atoms with Gasteiger partial charge < -0.3 is 15.8 Å². The minimum atomic E-state index is -0.0769. The highest BCUT2D eigenvalue weighted by Gasteiger charge is 2.12. The average molecular weight is 203 g/mol. The normalized spacial score (nSPS) is 12.4. The first-order valence-corrected chi connectivity index (χ1v) is 5.20. The second kappa shape index (κ2) is 7.17. The van der Waals surface area contributed by atoms with Crippen LogP contribution in [0.5, 0.6) is 0 Å². The van der Waals surface area contributed by atoms with Crippen LogP contribution in [0.1, 0.15) is 20.8 Å². The van der Waals surface area contributed by atoms with Gasteiger partial charge in [0.05, 0.1) is 12.3 Å². The molecule has 0 aliphatic rings. The van der Waals surface area contributed by atoms with Crippen molar-refractivity contribution in [1.29, 1.82) is 0 Å². The summed E-state index contributed by atoms with van der Waals surface area (Å²) in [5.41, 5.74) is 5.45. The van der Waals surface area contributed by atoms with E-state index in [0.717, 1.165) is 19.6 Å². The van der Waals surface area contributed by atoms with Crippen LogP contribution in [0.25, 0.3) is 0 Å². The molecule has 3 N–H and O–H groups in total. The van der Waals surface area contributed by atoms with E-state index in [1.165, 1.54) is 0 Å². The number of ether oxygens (including phenoxy) is 1. The summed E-state index contributed by atoms with van der Waals surface area (Å²) in [4.78, 5) is 2.21. The lowest BCUT2D eigenvalue weighted by molar-refractivity contribution is -0.0620. The van der Waals surface area contributed by atoms with Gasteiger partial charge in [0.15, 0.2) is 0 Å². The van der Waals surface area contributed by atoms with Gasteiger partial charge >= 0.3 is 0 Å². The molecular formula is C10H25N3O. The van der Waals surface area contributed by atoms with Crippen molar-refractivity contribution in [3.63, 3.8) is 0 Å². The topological polar surface area (TPSA) is 50.5 Å². The van der Waals surface area contributed by atoms with E-state index in [2.05, 4.69) is 31.0 Å². The molecule has 0 aliphatic heterocycles. The number of hydrogen-bond donors (Lipinski definition) is 2. The highest BCUT2D eigenvalue weighted by Crippen LogP contribution is 2.06. The van der Waals surface area contributed by atoms with Crippen LogP contribution in [0.2, 0.25) is 0 Å². The SMILES string of the molecule is CNCCN(CCN)COC(C)(C)C. The van der Waals surface area contributed by atoms with Crippen molar-refractivity contribution >= 4 is 0 Å². The summed E-state index contributed by atoms with van der Waals surface area (Å²) in [6.45, 7) is 10.3. The molecule has 0 spiro atoms. The van der Waals surface area contributed by atoms with Crippen molar-refractivity contribution < 1.29 is 4.74 Å². The number of nitrogens with two attached hydrogens (primary N) is 1. The van der Waals surface area contributed by atoms with E-state index in [1.54, 1.807) is 0 Å². The number of nitrogens with zero attached hydrogens (tertiary/aromatic N) is 1. The van der Waals surface area contributed by atoms with Gasteiger partial charge in [0, 0.05) is 26.2 Å². The van der Waals surface area contributed by atoms with Crippen molar-refractivity contribution in [1.82, 2.24) is 10.2 Å². The molecule has 0 atom stereocenters. The van der Waals surface area contributed by atoms with Gasteiger partial charge in [-0.05, 0) is 27.8 Å². The van der Waals surface area contributed by atoms with Crippen molar-refractivity contribution in [3.8, 4) is 0 Å². The molecule has 0 bridgehead atoms. The molecule has 4 nitrogen and oxygen atoms in total. The Hall–Kier alpha value is -0.160. The van der Waals surface area contributed by atoms with Gasteiger partial charge in [-0.2, -0.15) is 0 Å². The van der Waals surface area contributed by atoms with Crippen LogP contribution in [-0.2, 0) is 4.74 Å². The lowest BCUT2D eigenvalue weighted by atomic mass is 10.2. The maximum atomic E-state index is 5.68. The first-order valence-electron chi connectivity index (χ1n) is 5.20. The van der Waals surface area contributed by atoms with Crippen LogP contribution in [0.4, 0.5) is 0 Å². The van der Waals surface area contributed by atoms with Gasteiger partial charge in [0.1, 0.15) is 0 Å². The minimum Gasteiger partial charge on any atom is -0.360 e. The Morgan fingerprint density at radius 2 is 1.93 bits per heavy atom. The smallest absolute Gasteiger partial charge is 0.0998 e. The molecule has 0 aromatic heterocycles. The summed E-state index contributed by atoms with van der Waals surface area (Å²) >= 11 is 0. The fourth-order valence-corrected chi connectivity index (χ4v) is 0.978. The Morgan fingerprint density at radius 1 is 1.29 bits per heavy atom. The van der Waals surface area contributed by atoms with E-state index in [1.807, 2.05) is 7.05 Å². The molecule has 0 aromatic rings. The summed E-state index contributed by atoms with van der Waals surface area (Å²) in [6.07, 6.45) is 0. The molecular weight excluding hydrogens is 178 g/mol. The van der Waals surface area contributed by atoms with E-state index in [9.17, 15) is 0 Å². The van der Waals surface area contributed by atoms with Gasteiger partial charge in [-0.1, -0.05) is 0 Å². The molecule has 0 fully saturated rings. The van der Waals surface area contributed by atoms with Gasteiger partial charge in [0.25, 0.3) is 0 Å². The van der Waals surface area contributed by atoms with Gasteiger partial charge in [-0.3, -0.25) is 4.90 Å². The third-order valence-electron chi connectivity index (χ3n) is 1.80. The second-order valence-electron chi connectivity index (χ2n) is 4.40. The maximum absolute atomic E-state index is 5.68. The highest BCUT2D eigenvalue weighted by atomic mass is 16.5. The fraction of sp³-hybridized carbons (Fsp3) is 1.00. The molecule has 86 valence electrons. The van der Waals surface area contributed by atoms with E-state index in [4.69, 9.17) is 10.5 Å². The van der Waals surface area contributed by atoms with Gasteiger partial charge in [-0.25, -0.2) is 0 Å². The third-order valence-corrected chi connectivity index (χ3v) is 1.80. The maximum Gasteiger partial charge on any atom is 0.0998 e. The van der Waals surface area contributed by atoms with E-state index >= 15 is 0 Å². The van der Waals surface area contributed by atoms with Crippen LogP contribution in [0, 0.1) is 0 Å². The largest absolute Gasteiger partial charge is 0.360 e. The molecule has 14 heavy (non-hydrogen) atoms. The molecule has 4 heteroatoms. The summed E-state index contributed by atoms with van der Waals surface area (Å²) < 4.78 is 5.68. The number of nitrogens with one attached hydrogen (secondary N) is 1. The highest BCUT2D eigenvalue weighted by molar-refractivity contribution is 4.61. The Labute approximate surface area is 87.8 Å². The van der Waals surface area contributed by atoms with Crippen LogP contribution < -0.4 is 11.1 Å². The zero-order chi connectivity index (χ0) is 11.0. The number of hydrogen-bond acceptors (Lipinski definition) is 4. The summed E-state index contributed by atoms with van der Waals surface area (Å²) in [7, 11) is 1.95. The van der Waals surface area contributed by atoms with E-state index < -0.39 is 0 Å². The summed E-state index contributed by atoms with van der Waals surface area (Å²) in [5.74, 6) is 0. The summed E-state index contributed by atoms with van der Waals surface area (Å²) in [5, 5.41) is 3.12. The molecule has 0 radical (unpaired) electrons. The fourth-order valence-electron chi connectivity index (χ4n) is 0.978. The molecule has 0 aliphatic carbocycles. The predicted octanol–water partition coefficient (Wildman–Crippen LogP) is 0.239. The lowest BCUT2D eigenvalue weighted by Crippen LogP contribution is -2.38. The molecule has 0 amide bonds. The zero-order valence-electron chi connectivity index (χ0n) is 9.97. The van der Waals surface area contributed by atoms with Crippen molar-refractivity contribution in [2.75, 3.05) is 40.0 Å². The second-order valence-corrected chi connectivity index (χ2v) is 4.40. The first kappa shape index (κ1) is 13.8. The number of rotatable bonds is 7. The van der Waals surface area contributed by atoms with Crippen LogP contribution in [0.3, 0.4) is 0 Å². The Balaban J connectivity index is 3.72. The van der Waals surface area contributed by atoms with Gasteiger partial charge in [0.2, 0.25) is 0 Å². The average Bonchev–Trinajstić information content (AvgIpc) is 2.08. The van der Waals surface area contributed by atoms with Crippen molar-refractivity contribution in [2.24, 2.45) is 5.73 Å². The molecule has 0 unspecified atom stereocenters. The predicted molar refractivity (Wildman–Crippen MR) is 60.3 cm³/mol. The Bertz CT molecular complexity index is 134. The lowest BCUT2D eigenvalue weighted by Gasteiger charge is -2.27. The molecule has 0 heterocycles. The van der Waals surface area contributed by atoms with Crippen molar-refractivity contribution in [3.05, 3.63) is 0 Å². The van der Waals surface area contributed by atoms with Crippen LogP contribution in [-0.4, -0.2) is 50.5 Å². The standard InChI is InChI=1S/C10H25N3O/c1-10(2,3)14-9-13(7-5-11)8-6-12-4/h12H,5-9,11H2,1-4H3. The molecule has 0 aromatic carbocycles. The first-order chi connectivity index (χ1) is 6.49. The van der Waals surface area contributed by atoms with E-state index in [-0.39, 0.29) is 5.60 Å². The summed E-state index contributed by atoms with van der Waals surface area (Å²) in [6, 6.07) is 0. The third kappa shape index (κ3) is 8.44. The zero-order valence-corrected chi connectivity index (χ0v) is 9.97. The molecule has 0 saturated carbocycles. The molecule has 0 saturated heterocycles. The Kier molecular flexibility index (Phi) is 7.09.